The fraction of sp³-hybridized carbons (Fsp3) is 0.136. The molecule has 0 spiro atoms. The highest BCUT2D eigenvalue weighted by Crippen LogP contribution is 2.26. The maximum atomic E-state index is 12.0. The number of aromatic nitrogens is 5. The molecule has 0 saturated heterocycles. The van der Waals surface area contributed by atoms with Gasteiger partial charge in [0.15, 0.2) is 0 Å². The van der Waals surface area contributed by atoms with Crippen molar-refractivity contribution in [1.29, 1.82) is 0 Å². The number of pyridine rings is 1. The highest BCUT2D eigenvalue weighted by atomic mass is 16.4. The van der Waals surface area contributed by atoms with E-state index in [0.29, 0.717) is 22.6 Å². The van der Waals surface area contributed by atoms with Crippen molar-refractivity contribution < 1.29 is 4.42 Å². The van der Waals surface area contributed by atoms with E-state index in [0.717, 1.165) is 16.8 Å². The van der Waals surface area contributed by atoms with Gasteiger partial charge in [0, 0.05) is 31.6 Å². The average molecular weight is 400 g/mol. The maximum Gasteiger partial charge on any atom is 0.268 e. The lowest BCUT2D eigenvalue weighted by Crippen LogP contribution is -2.08. The first-order chi connectivity index (χ1) is 14.4. The monoisotopic (exact) mass is 400 g/mol. The third-order valence-corrected chi connectivity index (χ3v) is 4.69. The molecular weight excluding hydrogens is 380 g/mol. The Morgan fingerprint density at radius 3 is 2.53 bits per heavy atom. The number of aryl methyl sites for hydroxylation is 1. The van der Waals surface area contributed by atoms with Gasteiger partial charge in [-0.25, -0.2) is 4.98 Å². The Kier molecular flexibility index (Phi) is 4.97. The summed E-state index contributed by atoms with van der Waals surface area (Å²) in [5.74, 6) is 0.336. The number of hydrogen-bond donors (Lipinski definition) is 1. The Morgan fingerprint density at radius 2 is 1.83 bits per heavy atom. The maximum absolute atomic E-state index is 12.0. The summed E-state index contributed by atoms with van der Waals surface area (Å²) >= 11 is 0. The van der Waals surface area contributed by atoms with Crippen LogP contribution in [0.15, 0.2) is 64.6 Å². The quantitative estimate of drug-likeness (QED) is 0.548. The van der Waals surface area contributed by atoms with Crippen LogP contribution in [0.1, 0.15) is 11.3 Å². The van der Waals surface area contributed by atoms with Crippen LogP contribution in [0, 0.1) is 6.92 Å². The van der Waals surface area contributed by atoms with Gasteiger partial charge >= 0.3 is 0 Å². The Bertz CT molecular complexity index is 1270. The van der Waals surface area contributed by atoms with Crippen LogP contribution >= 0.6 is 0 Å². The van der Waals surface area contributed by atoms with Gasteiger partial charge in [0.05, 0.1) is 17.6 Å². The molecule has 8 heteroatoms. The van der Waals surface area contributed by atoms with Crippen LogP contribution in [0.25, 0.3) is 40.0 Å². The van der Waals surface area contributed by atoms with Gasteiger partial charge in [-0.15, -0.1) is 10.2 Å². The lowest BCUT2D eigenvalue weighted by Gasteiger charge is -2.16. The predicted molar refractivity (Wildman–Crippen MR) is 114 cm³/mol. The summed E-state index contributed by atoms with van der Waals surface area (Å²) in [6.45, 7) is 5.89. The summed E-state index contributed by atoms with van der Waals surface area (Å²) in [6, 6.07) is 11.2. The van der Waals surface area contributed by atoms with Gasteiger partial charge in [0.1, 0.15) is 11.3 Å². The molecule has 4 rings (SSSR count). The molecule has 0 bridgehead atoms. The average Bonchev–Trinajstić information content (AvgIpc) is 3.23. The SMILES string of the molecule is C=C(c1ccc(-c2cnc(C)c(-c3nnc(-c4ccc[nH]c4=O)o3)n2)cc1)N(C)C. The number of rotatable bonds is 5. The lowest BCUT2D eigenvalue weighted by atomic mass is 10.1. The fourth-order valence-corrected chi connectivity index (χ4v) is 2.90. The van der Waals surface area contributed by atoms with E-state index in [-0.39, 0.29) is 17.3 Å². The molecule has 30 heavy (non-hydrogen) atoms. The van der Waals surface area contributed by atoms with Crippen molar-refractivity contribution in [3.05, 3.63) is 77.0 Å². The zero-order chi connectivity index (χ0) is 21.3. The normalized spacial score (nSPS) is 10.8. The minimum absolute atomic E-state index is 0.130. The van der Waals surface area contributed by atoms with Crippen molar-refractivity contribution in [3.8, 4) is 34.3 Å². The predicted octanol–water partition coefficient (Wildman–Crippen LogP) is 3.39. The van der Waals surface area contributed by atoms with E-state index in [1.54, 1.807) is 24.5 Å². The van der Waals surface area contributed by atoms with Crippen molar-refractivity contribution in [1.82, 2.24) is 30.0 Å². The zero-order valence-electron chi connectivity index (χ0n) is 16.9. The van der Waals surface area contributed by atoms with E-state index in [1.165, 1.54) is 0 Å². The molecule has 8 nitrogen and oxygen atoms in total. The van der Waals surface area contributed by atoms with Crippen LogP contribution in [-0.2, 0) is 0 Å². The van der Waals surface area contributed by atoms with Crippen LogP contribution in [0.2, 0.25) is 0 Å². The molecular formula is C22H20N6O2. The fourth-order valence-electron chi connectivity index (χ4n) is 2.90. The molecule has 3 heterocycles. The largest absolute Gasteiger partial charge is 0.414 e. The molecule has 0 aliphatic rings. The van der Waals surface area contributed by atoms with Crippen LogP contribution in [0.5, 0.6) is 0 Å². The summed E-state index contributed by atoms with van der Waals surface area (Å²) < 4.78 is 5.72. The molecule has 0 saturated carbocycles. The van der Waals surface area contributed by atoms with Crippen molar-refractivity contribution >= 4 is 5.70 Å². The first-order valence-electron chi connectivity index (χ1n) is 9.26. The molecule has 0 unspecified atom stereocenters. The summed E-state index contributed by atoms with van der Waals surface area (Å²) in [4.78, 5) is 25.6. The first-order valence-corrected chi connectivity index (χ1v) is 9.26. The molecule has 3 aromatic heterocycles. The summed E-state index contributed by atoms with van der Waals surface area (Å²) in [7, 11) is 3.91. The van der Waals surface area contributed by atoms with Crippen LogP contribution in [0.3, 0.4) is 0 Å². The molecule has 0 radical (unpaired) electrons. The van der Waals surface area contributed by atoms with Crippen molar-refractivity contribution in [3.63, 3.8) is 0 Å². The minimum Gasteiger partial charge on any atom is -0.414 e. The summed E-state index contributed by atoms with van der Waals surface area (Å²) in [5, 5.41) is 8.06. The second kappa shape index (κ2) is 7.75. The Balaban J connectivity index is 1.69. The molecule has 1 N–H and O–H groups in total. The van der Waals surface area contributed by atoms with E-state index in [9.17, 15) is 4.79 Å². The van der Waals surface area contributed by atoms with Gasteiger partial charge < -0.3 is 14.3 Å². The minimum atomic E-state index is -0.302. The standard InChI is InChI=1S/C22H20N6O2/c1-13-19(22-27-26-21(30-22)17-6-5-11-23-20(17)29)25-18(12-24-13)16-9-7-15(8-10-16)14(2)28(3)4/h5-12H,2H2,1,3-4H3,(H,23,29). The van der Waals surface area contributed by atoms with Crippen molar-refractivity contribution in [2.45, 2.75) is 6.92 Å². The second-order valence-corrected chi connectivity index (χ2v) is 6.93. The number of H-pyrrole nitrogens is 1. The Morgan fingerprint density at radius 1 is 1.10 bits per heavy atom. The zero-order valence-corrected chi connectivity index (χ0v) is 16.9. The number of nitrogens with zero attached hydrogens (tertiary/aromatic N) is 5. The van der Waals surface area contributed by atoms with E-state index in [4.69, 9.17) is 4.42 Å². The van der Waals surface area contributed by atoms with E-state index >= 15 is 0 Å². The van der Waals surface area contributed by atoms with Gasteiger partial charge in [-0.2, -0.15) is 0 Å². The smallest absolute Gasteiger partial charge is 0.268 e. The van der Waals surface area contributed by atoms with Gasteiger partial charge in [-0.05, 0) is 24.6 Å². The van der Waals surface area contributed by atoms with Crippen molar-refractivity contribution in [2.24, 2.45) is 0 Å². The molecule has 0 atom stereocenters. The number of hydrogen-bond acceptors (Lipinski definition) is 7. The highest BCUT2D eigenvalue weighted by Gasteiger charge is 2.17. The lowest BCUT2D eigenvalue weighted by molar-refractivity contribution is 0.580. The number of benzene rings is 1. The second-order valence-electron chi connectivity index (χ2n) is 6.93. The summed E-state index contributed by atoms with van der Waals surface area (Å²) in [5.41, 5.74) is 4.64. The molecule has 4 aromatic rings. The van der Waals surface area contributed by atoms with Crippen LogP contribution in [-0.4, -0.2) is 44.1 Å². The van der Waals surface area contributed by atoms with Crippen LogP contribution < -0.4 is 5.56 Å². The highest BCUT2D eigenvalue weighted by molar-refractivity contribution is 5.68. The third-order valence-electron chi connectivity index (χ3n) is 4.69. The third kappa shape index (κ3) is 3.62. The molecule has 1 aromatic carbocycles. The van der Waals surface area contributed by atoms with E-state index in [1.807, 2.05) is 50.2 Å². The van der Waals surface area contributed by atoms with Gasteiger partial charge in [0.25, 0.3) is 17.3 Å². The molecule has 150 valence electrons. The molecule has 0 aliphatic carbocycles. The number of nitrogens with one attached hydrogen (secondary N) is 1. The first kappa shape index (κ1) is 19.3. The summed E-state index contributed by atoms with van der Waals surface area (Å²) in [6.07, 6.45) is 3.25. The Hall–Kier alpha value is -4.07. The van der Waals surface area contributed by atoms with Crippen molar-refractivity contribution in [2.75, 3.05) is 14.1 Å². The van der Waals surface area contributed by atoms with E-state index in [2.05, 4.69) is 31.7 Å². The molecule has 0 aliphatic heterocycles. The number of aromatic amines is 1. The van der Waals surface area contributed by atoms with Gasteiger partial charge in [0.2, 0.25) is 0 Å². The Labute approximate surface area is 173 Å². The molecule has 0 amide bonds. The van der Waals surface area contributed by atoms with Gasteiger partial charge in [-0.3, -0.25) is 9.78 Å². The van der Waals surface area contributed by atoms with E-state index < -0.39 is 0 Å². The van der Waals surface area contributed by atoms with Crippen LogP contribution in [0.4, 0.5) is 0 Å². The van der Waals surface area contributed by atoms with Gasteiger partial charge in [-0.1, -0.05) is 30.8 Å². The molecule has 0 fully saturated rings. The topological polar surface area (TPSA) is 101 Å².